The molecule has 3 rings (SSSR count). The topological polar surface area (TPSA) is 32.3 Å². The highest BCUT2D eigenvalue weighted by Crippen LogP contribution is 2.33. The molecule has 0 aromatic heterocycles. The average molecular weight is 264 g/mol. The molecule has 3 unspecified atom stereocenters. The molecule has 0 spiro atoms. The molecule has 3 heterocycles. The van der Waals surface area contributed by atoms with Gasteiger partial charge in [0.1, 0.15) is 0 Å². The van der Waals surface area contributed by atoms with E-state index in [1.165, 1.54) is 44.9 Å². The lowest BCUT2D eigenvalue weighted by Gasteiger charge is -2.30. The predicted octanol–water partition coefficient (Wildman–Crippen LogP) is 2.56. The maximum Gasteiger partial charge on any atom is 0.222 e. The monoisotopic (exact) mass is 264 g/mol. The maximum atomic E-state index is 12.5. The second-order valence-electron chi connectivity index (χ2n) is 7.10. The summed E-state index contributed by atoms with van der Waals surface area (Å²) in [6, 6.07) is 1.42. The summed E-state index contributed by atoms with van der Waals surface area (Å²) in [5, 5.41) is 3.66. The maximum absolute atomic E-state index is 12.5. The molecule has 0 aliphatic carbocycles. The summed E-state index contributed by atoms with van der Waals surface area (Å²) >= 11 is 0. The molecule has 0 aromatic rings. The Morgan fingerprint density at radius 2 is 1.84 bits per heavy atom. The van der Waals surface area contributed by atoms with Gasteiger partial charge in [0.25, 0.3) is 0 Å². The lowest BCUT2D eigenvalue weighted by Crippen LogP contribution is -2.40. The van der Waals surface area contributed by atoms with Crippen molar-refractivity contribution in [1.82, 2.24) is 10.2 Å². The van der Waals surface area contributed by atoms with E-state index in [1.54, 1.807) is 0 Å². The van der Waals surface area contributed by atoms with Crippen molar-refractivity contribution in [1.29, 1.82) is 0 Å². The normalized spacial score (nSPS) is 39.1. The van der Waals surface area contributed by atoms with Crippen molar-refractivity contribution in [3.8, 4) is 0 Å². The Kier molecular flexibility index (Phi) is 4.11. The molecule has 3 fully saturated rings. The van der Waals surface area contributed by atoms with Crippen molar-refractivity contribution in [2.75, 3.05) is 13.1 Å². The molecule has 3 saturated heterocycles. The molecule has 1 amide bonds. The Hall–Kier alpha value is -0.570. The summed E-state index contributed by atoms with van der Waals surface area (Å²) in [6.07, 6.45) is 9.62. The summed E-state index contributed by atoms with van der Waals surface area (Å²) < 4.78 is 0. The zero-order valence-electron chi connectivity index (χ0n) is 12.2. The number of rotatable bonds is 2. The first-order valence-corrected chi connectivity index (χ1v) is 8.24. The van der Waals surface area contributed by atoms with E-state index in [-0.39, 0.29) is 0 Å². The first kappa shape index (κ1) is 13.4. The fraction of sp³-hybridized carbons (Fsp3) is 0.938. The van der Waals surface area contributed by atoms with E-state index in [2.05, 4.69) is 17.1 Å². The highest BCUT2D eigenvalue weighted by atomic mass is 16.2. The van der Waals surface area contributed by atoms with Crippen LogP contribution in [0.15, 0.2) is 0 Å². The van der Waals surface area contributed by atoms with Crippen molar-refractivity contribution < 1.29 is 4.79 Å². The van der Waals surface area contributed by atoms with E-state index in [0.717, 1.165) is 25.4 Å². The van der Waals surface area contributed by atoms with Gasteiger partial charge in [-0.15, -0.1) is 0 Å². The van der Waals surface area contributed by atoms with Crippen LogP contribution in [0, 0.1) is 11.8 Å². The number of carbonyl (C=O) groups is 1. The minimum atomic E-state index is 0.431. The van der Waals surface area contributed by atoms with Crippen molar-refractivity contribution in [2.45, 2.75) is 70.4 Å². The Bertz CT molecular complexity index is 319. The third kappa shape index (κ3) is 3.31. The third-order valence-electron chi connectivity index (χ3n) is 5.40. The van der Waals surface area contributed by atoms with Crippen LogP contribution in [0.5, 0.6) is 0 Å². The highest BCUT2D eigenvalue weighted by Gasteiger charge is 2.34. The van der Waals surface area contributed by atoms with Crippen LogP contribution in [0.3, 0.4) is 0 Å². The number of nitrogens with zero attached hydrogens (tertiary/aromatic N) is 1. The van der Waals surface area contributed by atoms with Gasteiger partial charge < -0.3 is 10.2 Å². The lowest BCUT2D eigenvalue weighted by atomic mass is 9.89. The molecule has 3 nitrogen and oxygen atoms in total. The lowest BCUT2D eigenvalue weighted by molar-refractivity contribution is -0.132. The van der Waals surface area contributed by atoms with E-state index in [4.69, 9.17) is 0 Å². The number of hydrogen-bond donors (Lipinski definition) is 1. The van der Waals surface area contributed by atoms with E-state index >= 15 is 0 Å². The number of amides is 1. The first-order valence-electron chi connectivity index (χ1n) is 8.24. The quantitative estimate of drug-likeness (QED) is 0.831. The molecule has 3 atom stereocenters. The average Bonchev–Trinajstić information content (AvgIpc) is 2.60. The molecule has 0 saturated carbocycles. The zero-order valence-corrected chi connectivity index (χ0v) is 12.2. The fourth-order valence-electron chi connectivity index (χ4n) is 4.23. The van der Waals surface area contributed by atoms with Crippen LogP contribution in [-0.4, -0.2) is 36.0 Å². The van der Waals surface area contributed by atoms with Crippen LogP contribution in [0.4, 0.5) is 0 Å². The van der Waals surface area contributed by atoms with Crippen LogP contribution < -0.4 is 5.32 Å². The second kappa shape index (κ2) is 5.82. The summed E-state index contributed by atoms with van der Waals surface area (Å²) in [4.78, 5) is 14.6. The van der Waals surface area contributed by atoms with Gasteiger partial charge in [-0.25, -0.2) is 0 Å². The second-order valence-corrected chi connectivity index (χ2v) is 7.10. The number of carbonyl (C=O) groups excluding carboxylic acids is 1. The van der Waals surface area contributed by atoms with E-state index in [0.29, 0.717) is 23.9 Å². The van der Waals surface area contributed by atoms with E-state index < -0.39 is 0 Å². The molecule has 2 bridgehead atoms. The van der Waals surface area contributed by atoms with Gasteiger partial charge in [-0.2, -0.15) is 0 Å². The number of likely N-dealkylation sites (tertiary alicyclic amines) is 1. The summed E-state index contributed by atoms with van der Waals surface area (Å²) in [5.74, 6) is 1.87. The molecule has 3 aliphatic heterocycles. The van der Waals surface area contributed by atoms with Crippen LogP contribution in [0.25, 0.3) is 0 Å². The molecule has 108 valence electrons. The highest BCUT2D eigenvalue weighted by molar-refractivity contribution is 5.76. The number of fused-ring (bicyclic) bond motifs is 2. The molecule has 0 radical (unpaired) electrons. The molecule has 19 heavy (non-hydrogen) atoms. The summed E-state index contributed by atoms with van der Waals surface area (Å²) in [6.45, 7) is 4.32. The van der Waals surface area contributed by atoms with Gasteiger partial charge in [-0.1, -0.05) is 6.92 Å². The Labute approximate surface area is 117 Å². The van der Waals surface area contributed by atoms with Gasteiger partial charge >= 0.3 is 0 Å². The molecular weight excluding hydrogens is 236 g/mol. The minimum Gasteiger partial charge on any atom is -0.343 e. The predicted molar refractivity (Wildman–Crippen MR) is 76.9 cm³/mol. The Balaban J connectivity index is 1.50. The molecule has 0 aromatic carbocycles. The van der Waals surface area contributed by atoms with E-state index in [9.17, 15) is 4.79 Å². The van der Waals surface area contributed by atoms with Crippen LogP contribution >= 0.6 is 0 Å². The van der Waals surface area contributed by atoms with E-state index in [1.807, 2.05) is 0 Å². The Morgan fingerprint density at radius 3 is 2.58 bits per heavy atom. The molecular formula is C16H28N2O. The molecule has 1 N–H and O–H groups in total. The largest absolute Gasteiger partial charge is 0.343 e. The van der Waals surface area contributed by atoms with Crippen molar-refractivity contribution in [2.24, 2.45) is 11.8 Å². The SMILES string of the molecule is CC1CCCN(C(=O)CC2CC3CCC(C2)N3)CC1. The summed E-state index contributed by atoms with van der Waals surface area (Å²) in [5.41, 5.74) is 0. The van der Waals surface area contributed by atoms with Gasteiger partial charge in [0.15, 0.2) is 0 Å². The van der Waals surface area contributed by atoms with Crippen LogP contribution in [0.1, 0.15) is 58.3 Å². The van der Waals surface area contributed by atoms with Gasteiger partial charge in [0.05, 0.1) is 0 Å². The number of piperidine rings is 1. The standard InChI is InChI=1S/C16H28N2O/c1-12-3-2-7-18(8-6-12)16(19)11-13-9-14-4-5-15(10-13)17-14/h12-15,17H,2-11H2,1H3. The van der Waals surface area contributed by atoms with Gasteiger partial charge in [0, 0.05) is 31.6 Å². The van der Waals surface area contributed by atoms with Crippen molar-refractivity contribution in [3.63, 3.8) is 0 Å². The van der Waals surface area contributed by atoms with Crippen molar-refractivity contribution in [3.05, 3.63) is 0 Å². The van der Waals surface area contributed by atoms with Gasteiger partial charge in [-0.3, -0.25) is 4.79 Å². The first-order chi connectivity index (χ1) is 9.20. The van der Waals surface area contributed by atoms with Crippen LogP contribution in [-0.2, 0) is 4.79 Å². The van der Waals surface area contributed by atoms with Crippen molar-refractivity contribution >= 4 is 5.91 Å². The van der Waals surface area contributed by atoms with Crippen LogP contribution in [0.2, 0.25) is 0 Å². The van der Waals surface area contributed by atoms with Gasteiger partial charge in [0.2, 0.25) is 5.91 Å². The third-order valence-corrected chi connectivity index (χ3v) is 5.40. The number of hydrogen-bond acceptors (Lipinski definition) is 2. The fourth-order valence-corrected chi connectivity index (χ4v) is 4.23. The Morgan fingerprint density at radius 1 is 1.11 bits per heavy atom. The number of nitrogens with one attached hydrogen (secondary N) is 1. The van der Waals surface area contributed by atoms with Gasteiger partial charge in [-0.05, 0) is 56.8 Å². The zero-order chi connectivity index (χ0) is 13.2. The smallest absolute Gasteiger partial charge is 0.222 e. The molecule has 3 aliphatic rings. The summed E-state index contributed by atoms with van der Waals surface area (Å²) in [7, 11) is 0. The molecule has 3 heteroatoms. The minimum absolute atomic E-state index is 0.431.